The number of anilines is 1. The molecule has 0 unspecified atom stereocenters. The van der Waals surface area contributed by atoms with Crippen molar-refractivity contribution in [1.29, 1.82) is 0 Å². The Morgan fingerprint density at radius 1 is 1.22 bits per heavy atom. The zero-order valence-corrected chi connectivity index (χ0v) is 15.1. The smallest absolute Gasteiger partial charge is 0.144 e. The molecule has 27 heavy (non-hydrogen) atoms. The average Bonchev–Trinajstić information content (AvgIpc) is 3.15. The van der Waals surface area contributed by atoms with Gasteiger partial charge >= 0.3 is 0 Å². The van der Waals surface area contributed by atoms with Crippen molar-refractivity contribution < 1.29 is 8.78 Å². The number of aromatic nitrogens is 1. The largest absolute Gasteiger partial charge is 0.354 e. The van der Waals surface area contributed by atoms with Crippen LogP contribution in [0.25, 0.3) is 11.3 Å². The Labute approximate surface area is 160 Å². The summed E-state index contributed by atoms with van der Waals surface area (Å²) in [4.78, 5) is 6.28. The monoisotopic (exact) mass is 387 g/mol. The summed E-state index contributed by atoms with van der Waals surface area (Å²) in [6.07, 6.45) is 7.37. The van der Waals surface area contributed by atoms with Crippen molar-refractivity contribution in [2.45, 2.75) is 6.92 Å². The van der Waals surface area contributed by atoms with Crippen LogP contribution in [-0.2, 0) is 0 Å². The highest BCUT2D eigenvalue weighted by molar-refractivity contribution is 6.31. The Morgan fingerprint density at radius 3 is 2.89 bits per heavy atom. The molecule has 2 aliphatic rings. The van der Waals surface area contributed by atoms with E-state index in [4.69, 9.17) is 11.6 Å². The molecule has 1 aromatic heterocycles. The van der Waals surface area contributed by atoms with Gasteiger partial charge in [-0.1, -0.05) is 11.6 Å². The van der Waals surface area contributed by atoms with Gasteiger partial charge < -0.3 is 15.6 Å². The molecule has 0 fully saturated rings. The number of likely N-dealkylation sites (N-methyl/N-ethyl adjacent to an activating group) is 1. The molecule has 0 saturated carbocycles. The van der Waals surface area contributed by atoms with E-state index in [1.165, 1.54) is 6.07 Å². The maximum atomic E-state index is 14.2. The fourth-order valence-electron chi connectivity index (χ4n) is 2.98. The summed E-state index contributed by atoms with van der Waals surface area (Å²) >= 11 is 5.79. The minimum Gasteiger partial charge on any atom is -0.354 e. The van der Waals surface area contributed by atoms with Crippen molar-refractivity contribution in [3.63, 3.8) is 0 Å². The van der Waals surface area contributed by atoms with Gasteiger partial charge in [0.05, 0.1) is 22.1 Å². The number of rotatable bonds is 4. The second-order valence-corrected chi connectivity index (χ2v) is 6.40. The SMILES string of the molecule is CCN1C=CC(Nc2ccnc(-c3cc(Cl)c(F)cc3F)c2)=C2NNC=C21. The minimum atomic E-state index is -0.800. The first-order valence-corrected chi connectivity index (χ1v) is 8.74. The van der Waals surface area contributed by atoms with Crippen molar-refractivity contribution in [3.05, 3.63) is 82.7 Å². The van der Waals surface area contributed by atoms with Crippen LogP contribution in [0.4, 0.5) is 14.5 Å². The molecule has 0 amide bonds. The quantitative estimate of drug-likeness (QED) is 0.689. The molecule has 8 heteroatoms. The summed E-state index contributed by atoms with van der Waals surface area (Å²) in [5.41, 5.74) is 10.1. The number of nitrogens with zero attached hydrogens (tertiary/aromatic N) is 2. The number of nitrogens with one attached hydrogen (secondary N) is 3. The van der Waals surface area contributed by atoms with Crippen LogP contribution in [0.15, 0.2) is 66.0 Å². The van der Waals surface area contributed by atoms with Gasteiger partial charge in [0.25, 0.3) is 0 Å². The first-order chi connectivity index (χ1) is 13.1. The van der Waals surface area contributed by atoms with Gasteiger partial charge in [-0.3, -0.25) is 10.4 Å². The summed E-state index contributed by atoms with van der Waals surface area (Å²) in [5.74, 6) is -1.52. The number of hydrogen-bond donors (Lipinski definition) is 3. The van der Waals surface area contributed by atoms with Gasteiger partial charge in [0, 0.05) is 42.5 Å². The molecular weight excluding hydrogens is 372 g/mol. The second-order valence-electron chi connectivity index (χ2n) is 5.99. The minimum absolute atomic E-state index is 0.139. The number of hydrogen-bond acceptors (Lipinski definition) is 5. The Morgan fingerprint density at radius 2 is 2.07 bits per heavy atom. The first kappa shape index (κ1) is 17.4. The van der Waals surface area contributed by atoms with Crippen LogP contribution in [0.2, 0.25) is 5.02 Å². The third kappa shape index (κ3) is 3.21. The van der Waals surface area contributed by atoms with Gasteiger partial charge in [-0.25, -0.2) is 8.78 Å². The summed E-state index contributed by atoms with van der Waals surface area (Å²) in [5, 5.41) is 3.16. The van der Waals surface area contributed by atoms with Gasteiger partial charge in [-0.15, -0.1) is 0 Å². The molecule has 3 heterocycles. The molecule has 0 spiro atoms. The Balaban J connectivity index is 1.66. The number of hydrazine groups is 1. The van der Waals surface area contributed by atoms with Crippen LogP contribution in [0, 0.1) is 11.6 Å². The standard InChI is InChI=1S/C19H16ClF2N5/c1-2-27-6-4-16(19-18(27)10-24-26-19)25-11-3-5-23-17(7-11)12-8-13(20)15(22)9-14(12)21/h3-10,24,26H,2H2,1H3,(H,23,25). The molecular formula is C19H16ClF2N5. The average molecular weight is 388 g/mol. The molecule has 0 bridgehead atoms. The fraction of sp³-hybridized carbons (Fsp3) is 0.105. The summed E-state index contributed by atoms with van der Waals surface area (Å²) < 4.78 is 27.6. The zero-order chi connectivity index (χ0) is 19.0. The van der Waals surface area contributed by atoms with Gasteiger partial charge in [0.1, 0.15) is 17.3 Å². The Kier molecular flexibility index (Phi) is 4.45. The van der Waals surface area contributed by atoms with Crippen molar-refractivity contribution in [1.82, 2.24) is 20.7 Å². The zero-order valence-electron chi connectivity index (χ0n) is 14.4. The van der Waals surface area contributed by atoms with Crippen LogP contribution in [0.5, 0.6) is 0 Å². The number of allylic oxidation sites excluding steroid dienone is 1. The first-order valence-electron chi connectivity index (χ1n) is 8.36. The molecule has 3 N–H and O–H groups in total. The van der Waals surface area contributed by atoms with E-state index in [0.29, 0.717) is 11.4 Å². The lowest BCUT2D eigenvalue weighted by molar-refractivity contribution is 0.492. The number of benzene rings is 1. The number of fused-ring (bicyclic) bond motifs is 1. The second kappa shape index (κ2) is 6.92. The molecule has 0 aliphatic carbocycles. The van der Waals surface area contributed by atoms with Crippen LogP contribution >= 0.6 is 11.6 Å². The number of halogens is 3. The van der Waals surface area contributed by atoms with Crippen LogP contribution in [0.3, 0.4) is 0 Å². The molecule has 0 radical (unpaired) electrons. The Bertz CT molecular complexity index is 1000. The molecule has 138 valence electrons. The van der Waals surface area contributed by atoms with Gasteiger partial charge in [-0.2, -0.15) is 0 Å². The van der Waals surface area contributed by atoms with E-state index in [9.17, 15) is 8.78 Å². The summed E-state index contributed by atoms with van der Waals surface area (Å²) in [7, 11) is 0. The molecule has 0 saturated heterocycles. The summed E-state index contributed by atoms with van der Waals surface area (Å²) in [6.45, 7) is 2.91. The van der Waals surface area contributed by atoms with Crippen LogP contribution < -0.4 is 16.2 Å². The highest BCUT2D eigenvalue weighted by atomic mass is 35.5. The van der Waals surface area contributed by atoms with Crippen molar-refractivity contribution >= 4 is 17.3 Å². The van der Waals surface area contributed by atoms with E-state index < -0.39 is 11.6 Å². The fourth-order valence-corrected chi connectivity index (χ4v) is 3.15. The Hall–Kier alpha value is -3.06. The van der Waals surface area contributed by atoms with Crippen LogP contribution in [-0.4, -0.2) is 16.4 Å². The highest BCUT2D eigenvalue weighted by Crippen LogP contribution is 2.30. The predicted octanol–water partition coefficient (Wildman–Crippen LogP) is 4.10. The van der Waals surface area contributed by atoms with E-state index in [2.05, 4.69) is 33.0 Å². The molecule has 2 aliphatic heterocycles. The van der Waals surface area contributed by atoms with Crippen LogP contribution in [0.1, 0.15) is 6.92 Å². The molecule has 0 atom stereocenters. The molecule has 4 rings (SSSR count). The van der Waals surface area contributed by atoms with Crippen molar-refractivity contribution in [2.24, 2.45) is 0 Å². The third-order valence-corrected chi connectivity index (χ3v) is 4.62. The van der Waals surface area contributed by atoms with Gasteiger partial charge in [0.2, 0.25) is 0 Å². The molecule has 5 nitrogen and oxygen atoms in total. The lowest BCUT2D eigenvalue weighted by Gasteiger charge is -2.26. The van der Waals surface area contributed by atoms with E-state index in [1.54, 1.807) is 18.3 Å². The van der Waals surface area contributed by atoms with Gasteiger partial charge in [0.15, 0.2) is 0 Å². The topological polar surface area (TPSA) is 52.2 Å². The maximum absolute atomic E-state index is 14.2. The number of pyridine rings is 1. The maximum Gasteiger partial charge on any atom is 0.144 e. The van der Waals surface area contributed by atoms with E-state index in [-0.39, 0.29) is 10.6 Å². The molecule has 1 aromatic carbocycles. The van der Waals surface area contributed by atoms with E-state index in [0.717, 1.165) is 29.7 Å². The van der Waals surface area contributed by atoms with E-state index in [1.807, 2.05) is 18.5 Å². The molecule has 2 aromatic rings. The summed E-state index contributed by atoms with van der Waals surface area (Å²) in [6, 6.07) is 5.46. The normalized spacial score (nSPS) is 15.3. The van der Waals surface area contributed by atoms with Gasteiger partial charge in [-0.05, 0) is 31.2 Å². The highest BCUT2D eigenvalue weighted by Gasteiger charge is 2.22. The van der Waals surface area contributed by atoms with Crippen molar-refractivity contribution in [2.75, 3.05) is 11.9 Å². The van der Waals surface area contributed by atoms with E-state index >= 15 is 0 Å². The lowest BCUT2D eigenvalue weighted by atomic mass is 10.1. The predicted molar refractivity (Wildman–Crippen MR) is 101 cm³/mol. The third-order valence-electron chi connectivity index (χ3n) is 4.33. The lowest BCUT2D eigenvalue weighted by Crippen LogP contribution is -2.27. The van der Waals surface area contributed by atoms with Crippen molar-refractivity contribution in [3.8, 4) is 11.3 Å².